The van der Waals surface area contributed by atoms with E-state index in [4.69, 9.17) is 21.7 Å². The molecule has 1 aromatic carbocycles. The Kier molecular flexibility index (Phi) is 9.03. The lowest BCUT2D eigenvalue weighted by Crippen LogP contribution is -2.30. The van der Waals surface area contributed by atoms with Gasteiger partial charge in [-0.3, -0.25) is 9.59 Å². The van der Waals surface area contributed by atoms with Gasteiger partial charge in [0.15, 0.2) is 0 Å². The minimum absolute atomic E-state index is 0.112. The van der Waals surface area contributed by atoms with Gasteiger partial charge in [0.25, 0.3) is 0 Å². The molecule has 6 heteroatoms. The van der Waals surface area contributed by atoms with Gasteiger partial charge in [0.05, 0.1) is 6.42 Å². The Morgan fingerprint density at radius 1 is 1.16 bits per heavy atom. The molecule has 0 aliphatic heterocycles. The normalized spacial score (nSPS) is 11.1. The summed E-state index contributed by atoms with van der Waals surface area (Å²) in [7, 11) is 0. The first kappa shape index (κ1) is 17.1. The van der Waals surface area contributed by atoms with Gasteiger partial charge in [-0.2, -0.15) is 0 Å². The zero-order valence-corrected chi connectivity index (χ0v) is 10.7. The predicted molar refractivity (Wildman–Crippen MR) is 71.7 cm³/mol. The van der Waals surface area contributed by atoms with E-state index in [0.717, 1.165) is 5.56 Å². The van der Waals surface area contributed by atoms with E-state index < -0.39 is 18.0 Å². The molecule has 0 bridgehead atoms. The number of hydrogen-bond donors (Lipinski definition) is 4. The Hall–Kier alpha value is -1.92. The highest BCUT2D eigenvalue weighted by Gasteiger charge is 2.08. The number of carboxylic acid groups (broad SMARTS) is 2. The molecule has 6 N–H and O–H groups in total. The molecule has 0 heterocycles. The van der Waals surface area contributed by atoms with Gasteiger partial charge in [-0.25, -0.2) is 0 Å². The lowest BCUT2D eigenvalue weighted by molar-refractivity contribution is -0.139. The van der Waals surface area contributed by atoms with Crippen LogP contribution in [-0.4, -0.2) is 34.7 Å². The zero-order chi connectivity index (χ0) is 14.7. The van der Waals surface area contributed by atoms with Crippen LogP contribution in [0.1, 0.15) is 18.4 Å². The molecule has 106 valence electrons. The van der Waals surface area contributed by atoms with Crippen LogP contribution in [-0.2, 0) is 16.0 Å². The van der Waals surface area contributed by atoms with Gasteiger partial charge in [-0.15, -0.1) is 0 Å². The Morgan fingerprint density at radius 2 is 1.74 bits per heavy atom. The summed E-state index contributed by atoms with van der Waals surface area (Å²) in [4.78, 5) is 20.2. The summed E-state index contributed by atoms with van der Waals surface area (Å²) in [6.45, 7) is 0.501. The minimum atomic E-state index is -0.955. The highest BCUT2D eigenvalue weighted by Crippen LogP contribution is 1.98. The molecule has 1 atom stereocenters. The molecule has 0 amide bonds. The summed E-state index contributed by atoms with van der Waals surface area (Å²) in [5.41, 5.74) is 11.1. The number of hydrogen-bond acceptors (Lipinski definition) is 4. The second-order valence-electron chi connectivity index (χ2n) is 3.93. The van der Waals surface area contributed by atoms with Crippen LogP contribution in [0.2, 0.25) is 0 Å². The van der Waals surface area contributed by atoms with E-state index in [1.54, 1.807) is 12.1 Å². The zero-order valence-electron chi connectivity index (χ0n) is 10.7. The van der Waals surface area contributed by atoms with Gasteiger partial charge in [0.1, 0.15) is 6.04 Å². The van der Waals surface area contributed by atoms with Crippen LogP contribution in [0.25, 0.3) is 0 Å². The smallest absolute Gasteiger partial charge is 0.320 e. The van der Waals surface area contributed by atoms with E-state index in [0.29, 0.717) is 19.4 Å². The van der Waals surface area contributed by atoms with E-state index in [9.17, 15) is 9.59 Å². The average molecular weight is 268 g/mol. The second kappa shape index (κ2) is 10.0. The molecule has 0 fully saturated rings. The third-order valence-corrected chi connectivity index (χ3v) is 2.23. The van der Waals surface area contributed by atoms with Crippen molar-refractivity contribution >= 4 is 11.9 Å². The molecule has 0 aliphatic carbocycles. The van der Waals surface area contributed by atoms with Gasteiger partial charge in [-0.1, -0.05) is 30.3 Å². The van der Waals surface area contributed by atoms with Crippen molar-refractivity contribution in [3.63, 3.8) is 0 Å². The quantitative estimate of drug-likeness (QED) is 0.593. The Balaban J connectivity index is 0.000000344. The molecule has 1 aromatic rings. The highest BCUT2D eigenvalue weighted by atomic mass is 16.4. The largest absolute Gasteiger partial charge is 0.481 e. The lowest BCUT2D eigenvalue weighted by atomic mass is 10.2. The number of aliphatic carboxylic acids is 2. The summed E-state index contributed by atoms with van der Waals surface area (Å²) >= 11 is 0. The number of carbonyl (C=O) groups is 2. The van der Waals surface area contributed by atoms with Crippen molar-refractivity contribution in [2.45, 2.75) is 25.3 Å². The van der Waals surface area contributed by atoms with Gasteiger partial charge < -0.3 is 21.7 Å². The van der Waals surface area contributed by atoms with Gasteiger partial charge >= 0.3 is 11.9 Å². The first-order valence-corrected chi connectivity index (χ1v) is 5.91. The van der Waals surface area contributed by atoms with Crippen molar-refractivity contribution in [1.29, 1.82) is 0 Å². The maximum absolute atomic E-state index is 10.2. The second-order valence-corrected chi connectivity index (χ2v) is 3.93. The molecule has 0 radical (unpaired) electrons. The standard InChI is InChI=1S/C8H8O2.C5H12N2O2/c9-8(10)6-7-4-2-1-3-5-7;6-3-1-2-4(7)5(8)9/h1-5H,6H2,(H,9,10);4H,1-3,6-7H2,(H,8,9)/t;4-/m.1/s1. The van der Waals surface area contributed by atoms with Crippen molar-refractivity contribution in [1.82, 2.24) is 0 Å². The molecule has 0 saturated carbocycles. The van der Waals surface area contributed by atoms with Crippen molar-refractivity contribution in [2.75, 3.05) is 6.54 Å². The van der Waals surface area contributed by atoms with Crippen molar-refractivity contribution in [3.05, 3.63) is 35.9 Å². The fourth-order valence-corrected chi connectivity index (χ4v) is 1.23. The van der Waals surface area contributed by atoms with Crippen LogP contribution in [0.5, 0.6) is 0 Å². The fraction of sp³-hybridized carbons (Fsp3) is 0.385. The minimum Gasteiger partial charge on any atom is -0.481 e. The maximum atomic E-state index is 10.2. The average Bonchev–Trinajstić information content (AvgIpc) is 2.37. The van der Waals surface area contributed by atoms with Crippen LogP contribution < -0.4 is 11.5 Å². The Morgan fingerprint density at radius 3 is 2.16 bits per heavy atom. The van der Waals surface area contributed by atoms with Crippen molar-refractivity contribution < 1.29 is 19.8 Å². The Labute approximate surface area is 112 Å². The van der Waals surface area contributed by atoms with Crippen molar-refractivity contribution in [2.24, 2.45) is 11.5 Å². The highest BCUT2D eigenvalue weighted by molar-refractivity contribution is 5.72. The molecule has 19 heavy (non-hydrogen) atoms. The summed E-state index contributed by atoms with van der Waals surface area (Å²) in [5, 5.41) is 16.6. The Bertz CT molecular complexity index is 381. The van der Waals surface area contributed by atoms with Crippen LogP contribution >= 0.6 is 0 Å². The molecule has 0 saturated heterocycles. The predicted octanol–water partition coefficient (Wildman–Crippen LogP) is 0.451. The van der Waals surface area contributed by atoms with Gasteiger partial charge in [-0.05, 0) is 24.9 Å². The number of benzene rings is 1. The summed E-state index contributed by atoms with van der Waals surface area (Å²) in [6.07, 6.45) is 1.25. The van der Waals surface area contributed by atoms with Crippen molar-refractivity contribution in [3.8, 4) is 0 Å². The molecule has 6 nitrogen and oxygen atoms in total. The van der Waals surface area contributed by atoms with E-state index >= 15 is 0 Å². The number of rotatable bonds is 6. The molecule has 0 aliphatic rings. The van der Waals surface area contributed by atoms with E-state index in [1.807, 2.05) is 18.2 Å². The summed E-state index contributed by atoms with van der Waals surface area (Å²) < 4.78 is 0. The topological polar surface area (TPSA) is 127 Å². The van der Waals surface area contributed by atoms with Crippen LogP contribution in [0, 0.1) is 0 Å². The third kappa shape index (κ3) is 9.75. The van der Waals surface area contributed by atoms with E-state index in [-0.39, 0.29) is 6.42 Å². The monoisotopic (exact) mass is 268 g/mol. The number of carboxylic acids is 2. The first-order chi connectivity index (χ1) is 8.97. The van der Waals surface area contributed by atoms with E-state index in [2.05, 4.69) is 0 Å². The molecule has 1 rings (SSSR count). The van der Waals surface area contributed by atoms with Crippen LogP contribution in [0.15, 0.2) is 30.3 Å². The van der Waals surface area contributed by atoms with Gasteiger partial charge in [0.2, 0.25) is 0 Å². The molecule has 0 spiro atoms. The summed E-state index contributed by atoms with van der Waals surface area (Å²) in [5.74, 6) is -1.74. The van der Waals surface area contributed by atoms with Crippen LogP contribution in [0.3, 0.4) is 0 Å². The maximum Gasteiger partial charge on any atom is 0.320 e. The third-order valence-electron chi connectivity index (χ3n) is 2.23. The first-order valence-electron chi connectivity index (χ1n) is 5.91. The van der Waals surface area contributed by atoms with E-state index in [1.165, 1.54) is 0 Å². The summed E-state index contributed by atoms with van der Waals surface area (Å²) in [6, 6.07) is 8.39. The fourth-order valence-electron chi connectivity index (χ4n) is 1.23. The molecular formula is C13H20N2O4. The molecule has 0 unspecified atom stereocenters. The molecular weight excluding hydrogens is 248 g/mol. The lowest BCUT2D eigenvalue weighted by Gasteiger charge is -2.02. The molecule has 0 aromatic heterocycles. The number of nitrogens with two attached hydrogens (primary N) is 2. The van der Waals surface area contributed by atoms with Crippen LogP contribution in [0.4, 0.5) is 0 Å². The van der Waals surface area contributed by atoms with Gasteiger partial charge in [0, 0.05) is 0 Å². The SMILES string of the molecule is NCCC[C@@H](N)C(=O)O.O=C(O)Cc1ccccc1.